The number of hydrogen-bond acceptors (Lipinski definition) is 5. The number of halogens is 3. The van der Waals surface area contributed by atoms with E-state index < -0.39 is 46.5 Å². The van der Waals surface area contributed by atoms with Crippen LogP contribution in [-0.2, 0) is 28.7 Å². The highest BCUT2D eigenvalue weighted by Gasteiger charge is 2.37. The first-order chi connectivity index (χ1) is 18.1. The predicted octanol–water partition coefficient (Wildman–Crippen LogP) is 7.36. The topological polar surface area (TPSA) is 93.1 Å². The molecule has 0 aliphatic carbocycles. The van der Waals surface area contributed by atoms with E-state index in [0.717, 1.165) is 22.8 Å². The van der Waals surface area contributed by atoms with Crippen LogP contribution in [0.1, 0.15) is 73.1 Å². The Morgan fingerprint density at radius 2 is 1.59 bits per heavy atom. The summed E-state index contributed by atoms with van der Waals surface area (Å²) < 4.78 is 51.1. The maximum absolute atomic E-state index is 13.4. The summed E-state index contributed by atoms with van der Waals surface area (Å²) in [5, 5.41) is 19.7. The van der Waals surface area contributed by atoms with Gasteiger partial charge in [-0.15, -0.1) is 0 Å². The maximum Gasteiger partial charge on any atom is 0.419 e. The van der Waals surface area contributed by atoms with Crippen LogP contribution >= 0.6 is 0 Å². The number of phenols is 1. The van der Waals surface area contributed by atoms with Crippen LogP contribution < -0.4 is 4.74 Å². The lowest BCUT2D eigenvalue weighted by molar-refractivity contribution is -0.139. The molecule has 208 valence electrons. The second kappa shape index (κ2) is 11.4. The van der Waals surface area contributed by atoms with Crippen molar-refractivity contribution in [3.8, 4) is 22.6 Å². The molecule has 0 aliphatic rings. The zero-order chi connectivity index (χ0) is 29.1. The van der Waals surface area contributed by atoms with E-state index in [1.807, 2.05) is 31.2 Å². The van der Waals surface area contributed by atoms with Crippen molar-refractivity contribution in [3.63, 3.8) is 0 Å². The lowest BCUT2D eigenvalue weighted by Gasteiger charge is -2.22. The Kier molecular flexibility index (Phi) is 8.63. The van der Waals surface area contributed by atoms with Gasteiger partial charge in [-0.25, -0.2) is 4.79 Å². The smallest absolute Gasteiger partial charge is 0.419 e. The third-order valence-electron chi connectivity index (χ3n) is 6.11. The molecule has 0 spiro atoms. The van der Waals surface area contributed by atoms with Crippen LogP contribution in [0.15, 0.2) is 54.6 Å². The highest BCUT2D eigenvalue weighted by Crippen LogP contribution is 2.40. The van der Waals surface area contributed by atoms with Crippen LogP contribution in [0.5, 0.6) is 11.5 Å². The molecule has 0 aromatic heterocycles. The fourth-order valence-electron chi connectivity index (χ4n) is 4.03. The van der Waals surface area contributed by atoms with Gasteiger partial charge >= 0.3 is 18.1 Å². The van der Waals surface area contributed by atoms with E-state index in [9.17, 15) is 33.0 Å². The molecule has 0 amide bonds. The predicted molar refractivity (Wildman–Crippen MR) is 140 cm³/mol. The number of carboxylic acids is 1. The SMILES string of the molecule is CCc1cc(C(C)C(=O)O)ccc1-c1ccc(OCc2ccc(C(F)(F)F)c(O)c2C(=O)OC(C)(C)C)cc1. The standard InChI is InChI=1S/C30H31F3O6/c1-6-18-15-20(17(2)27(35)36)9-13-23(18)19-7-11-22(12-8-19)38-16-21-10-14-24(30(31,32)33)26(34)25(21)28(37)39-29(3,4)5/h7-15,17,34H,6,16H2,1-5H3,(H,35,36). The van der Waals surface area contributed by atoms with Crippen molar-refractivity contribution in [2.75, 3.05) is 0 Å². The van der Waals surface area contributed by atoms with E-state index in [4.69, 9.17) is 9.47 Å². The first kappa shape index (κ1) is 29.5. The van der Waals surface area contributed by atoms with Gasteiger partial charge in [0.15, 0.2) is 0 Å². The normalized spacial score (nSPS) is 12.6. The number of aliphatic carboxylic acids is 1. The van der Waals surface area contributed by atoms with Gasteiger partial charge in [0, 0.05) is 5.56 Å². The van der Waals surface area contributed by atoms with Crippen LogP contribution in [0.3, 0.4) is 0 Å². The highest BCUT2D eigenvalue weighted by molar-refractivity contribution is 5.95. The molecule has 0 saturated carbocycles. The Hall–Kier alpha value is -4.01. The van der Waals surface area contributed by atoms with E-state index in [2.05, 4.69) is 0 Å². The minimum atomic E-state index is -4.86. The van der Waals surface area contributed by atoms with Gasteiger partial charge in [0.1, 0.15) is 29.3 Å². The van der Waals surface area contributed by atoms with E-state index >= 15 is 0 Å². The van der Waals surface area contributed by atoms with Crippen LogP contribution in [0.25, 0.3) is 11.1 Å². The number of carboxylic acid groups (broad SMARTS) is 1. The van der Waals surface area contributed by atoms with Crippen LogP contribution in [0, 0.1) is 0 Å². The summed E-state index contributed by atoms with van der Waals surface area (Å²) in [5.74, 6) is -3.44. The molecule has 0 aliphatic heterocycles. The molecular weight excluding hydrogens is 513 g/mol. The number of carbonyl (C=O) groups excluding carboxylic acids is 1. The molecule has 0 radical (unpaired) electrons. The summed E-state index contributed by atoms with van der Waals surface area (Å²) in [6.07, 6.45) is -4.17. The second-order valence-corrected chi connectivity index (χ2v) is 10.1. The molecule has 1 atom stereocenters. The van der Waals surface area contributed by atoms with Crippen LogP contribution in [0.2, 0.25) is 0 Å². The number of phenolic OH excluding ortho intramolecular Hbond substituents is 1. The molecule has 39 heavy (non-hydrogen) atoms. The summed E-state index contributed by atoms with van der Waals surface area (Å²) in [5.41, 5.74) is 0.606. The number of carbonyl (C=O) groups is 2. The van der Waals surface area contributed by atoms with Gasteiger partial charge in [0.05, 0.1) is 11.5 Å². The first-order valence-electron chi connectivity index (χ1n) is 12.4. The average molecular weight is 545 g/mol. The first-order valence-corrected chi connectivity index (χ1v) is 12.4. The van der Waals surface area contributed by atoms with E-state index in [1.54, 1.807) is 45.9 Å². The lowest BCUT2D eigenvalue weighted by atomic mass is 9.92. The van der Waals surface area contributed by atoms with Crippen molar-refractivity contribution in [1.29, 1.82) is 0 Å². The van der Waals surface area contributed by atoms with Crippen molar-refractivity contribution in [1.82, 2.24) is 0 Å². The largest absolute Gasteiger partial charge is 0.506 e. The monoisotopic (exact) mass is 544 g/mol. The Morgan fingerprint density at radius 1 is 0.949 bits per heavy atom. The van der Waals surface area contributed by atoms with Crippen molar-refractivity contribution < 1.29 is 42.4 Å². The molecule has 3 aromatic rings. The van der Waals surface area contributed by atoms with E-state index in [1.165, 1.54) is 0 Å². The second-order valence-electron chi connectivity index (χ2n) is 10.1. The fraction of sp³-hybridized carbons (Fsp3) is 0.333. The third kappa shape index (κ3) is 7.10. The Labute approximate surface area is 225 Å². The Morgan fingerprint density at radius 3 is 2.13 bits per heavy atom. The van der Waals surface area contributed by atoms with E-state index in [-0.39, 0.29) is 12.2 Å². The molecule has 0 saturated heterocycles. The molecule has 0 heterocycles. The fourth-order valence-corrected chi connectivity index (χ4v) is 4.03. The number of alkyl halides is 3. The quantitative estimate of drug-likeness (QED) is 0.288. The molecule has 1 unspecified atom stereocenters. The Balaban J connectivity index is 1.87. The van der Waals surface area contributed by atoms with Gasteiger partial charge in [0.2, 0.25) is 0 Å². The van der Waals surface area contributed by atoms with Crippen molar-refractivity contribution in [2.45, 2.75) is 65.3 Å². The van der Waals surface area contributed by atoms with E-state index in [0.29, 0.717) is 23.8 Å². The summed E-state index contributed by atoms with van der Waals surface area (Å²) in [4.78, 5) is 24.1. The zero-order valence-electron chi connectivity index (χ0n) is 22.3. The zero-order valence-corrected chi connectivity index (χ0v) is 22.3. The third-order valence-corrected chi connectivity index (χ3v) is 6.11. The van der Waals surface area contributed by atoms with Gasteiger partial charge in [-0.1, -0.05) is 43.3 Å². The number of rotatable bonds is 8. The molecule has 3 aromatic carbocycles. The molecule has 9 heteroatoms. The molecular formula is C30H31F3O6. The molecule has 0 bridgehead atoms. The van der Waals surface area contributed by atoms with Crippen LogP contribution in [0.4, 0.5) is 13.2 Å². The molecule has 0 fully saturated rings. The minimum Gasteiger partial charge on any atom is -0.506 e. The average Bonchev–Trinajstić information content (AvgIpc) is 2.85. The lowest BCUT2D eigenvalue weighted by Crippen LogP contribution is -2.25. The Bertz CT molecular complexity index is 1350. The minimum absolute atomic E-state index is 0.0373. The summed E-state index contributed by atoms with van der Waals surface area (Å²) in [7, 11) is 0. The van der Waals surface area contributed by atoms with Gasteiger partial charge in [-0.05, 0) is 74.6 Å². The maximum atomic E-state index is 13.4. The molecule has 2 N–H and O–H groups in total. The van der Waals surface area contributed by atoms with Crippen LogP contribution in [-0.4, -0.2) is 27.8 Å². The van der Waals surface area contributed by atoms with Gasteiger partial charge in [-0.3, -0.25) is 4.79 Å². The summed E-state index contributed by atoms with van der Waals surface area (Å²) in [6, 6.07) is 14.3. The summed E-state index contributed by atoms with van der Waals surface area (Å²) >= 11 is 0. The summed E-state index contributed by atoms with van der Waals surface area (Å²) in [6.45, 7) is 8.02. The molecule has 3 rings (SSSR count). The number of aromatic hydroxyl groups is 1. The number of ether oxygens (including phenoxy) is 2. The highest BCUT2D eigenvalue weighted by atomic mass is 19.4. The molecule has 6 nitrogen and oxygen atoms in total. The van der Waals surface area contributed by atoms with Crippen molar-refractivity contribution in [2.24, 2.45) is 0 Å². The number of esters is 1. The van der Waals surface area contributed by atoms with Gasteiger partial charge in [-0.2, -0.15) is 13.2 Å². The van der Waals surface area contributed by atoms with Crippen molar-refractivity contribution in [3.05, 3.63) is 82.4 Å². The number of benzene rings is 3. The van der Waals surface area contributed by atoms with Gasteiger partial charge in [0.25, 0.3) is 0 Å². The van der Waals surface area contributed by atoms with Gasteiger partial charge < -0.3 is 19.7 Å². The number of aryl methyl sites for hydroxylation is 1. The number of hydrogen-bond donors (Lipinski definition) is 2. The van der Waals surface area contributed by atoms with Crippen molar-refractivity contribution >= 4 is 11.9 Å².